The van der Waals surface area contributed by atoms with E-state index in [1.807, 2.05) is 6.92 Å². The first-order chi connectivity index (χ1) is 11.0. The lowest BCUT2D eigenvalue weighted by molar-refractivity contribution is -0.0496. The molecule has 1 saturated heterocycles. The van der Waals surface area contributed by atoms with E-state index in [1.165, 1.54) is 0 Å². The predicted octanol–water partition coefficient (Wildman–Crippen LogP) is 2.47. The monoisotopic (exact) mass is 328 g/mol. The first-order valence-corrected chi connectivity index (χ1v) is 7.66. The van der Waals surface area contributed by atoms with Crippen LogP contribution in [0.5, 0.6) is 0 Å². The molecule has 2 amide bonds. The van der Waals surface area contributed by atoms with Crippen molar-refractivity contribution >= 4 is 6.03 Å². The van der Waals surface area contributed by atoms with Gasteiger partial charge in [-0.2, -0.15) is 0 Å². The highest BCUT2D eigenvalue weighted by Crippen LogP contribution is 2.21. The van der Waals surface area contributed by atoms with Gasteiger partial charge < -0.3 is 19.7 Å². The Labute approximate surface area is 134 Å². The van der Waals surface area contributed by atoms with Crippen LogP contribution < -0.4 is 5.32 Å². The Bertz CT molecular complexity index is 540. The summed E-state index contributed by atoms with van der Waals surface area (Å²) in [6.45, 7) is 3.49. The van der Waals surface area contributed by atoms with Crippen molar-refractivity contribution in [3.63, 3.8) is 0 Å². The minimum atomic E-state index is -0.582. The lowest BCUT2D eigenvalue weighted by Gasteiger charge is -2.33. The predicted molar refractivity (Wildman–Crippen MR) is 81.1 cm³/mol. The molecule has 7 heteroatoms. The van der Waals surface area contributed by atoms with E-state index in [9.17, 15) is 13.6 Å². The summed E-state index contributed by atoms with van der Waals surface area (Å²) < 4.78 is 37.8. The standard InChI is InChI=1S/C16H22F2N2O3/c1-3-15(13-8-11(17)4-5-14(13)18)19-16(21)20-6-7-23-12(9-20)10-22-2/h4-5,8,12,15H,3,6-7,9-10H2,1-2H3,(H,19,21)/t12-,15-/m1/s1. The molecule has 0 bridgehead atoms. The van der Waals surface area contributed by atoms with Gasteiger partial charge in [0.1, 0.15) is 11.6 Å². The van der Waals surface area contributed by atoms with Gasteiger partial charge in [0, 0.05) is 19.2 Å². The number of halogens is 2. The molecule has 23 heavy (non-hydrogen) atoms. The highest BCUT2D eigenvalue weighted by atomic mass is 19.1. The number of benzene rings is 1. The number of rotatable bonds is 5. The molecule has 0 aliphatic carbocycles. The zero-order chi connectivity index (χ0) is 16.8. The Hall–Kier alpha value is -1.73. The maximum atomic E-state index is 13.9. The summed E-state index contributed by atoms with van der Waals surface area (Å²) in [5.41, 5.74) is 0.155. The Morgan fingerprint density at radius 3 is 3.00 bits per heavy atom. The Morgan fingerprint density at radius 2 is 2.30 bits per heavy atom. The molecule has 1 aliphatic rings. The lowest BCUT2D eigenvalue weighted by atomic mass is 10.0. The first-order valence-electron chi connectivity index (χ1n) is 7.66. The summed E-state index contributed by atoms with van der Waals surface area (Å²) in [5.74, 6) is -1.06. The van der Waals surface area contributed by atoms with Gasteiger partial charge in [-0.3, -0.25) is 0 Å². The maximum absolute atomic E-state index is 13.9. The molecule has 1 aromatic rings. The zero-order valence-corrected chi connectivity index (χ0v) is 13.4. The van der Waals surface area contributed by atoms with E-state index < -0.39 is 17.7 Å². The van der Waals surface area contributed by atoms with E-state index in [2.05, 4.69) is 5.32 Å². The number of nitrogens with zero attached hydrogens (tertiary/aromatic N) is 1. The van der Waals surface area contributed by atoms with Crippen molar-refractivity contribution in [1.29, 1.82) is 0 Å². The van der Waals surface area contributed by atoms with Crippen LogP contribution in [0.15, 0.2) is 18.2 Å². The third-order valence-electron chi connectivity index (χ3n) is 3.82. The lowest BCUT2D eigenvalue weighted by Crippen LogP contribution is -2.51. The second kappa shape index (κ2) is 8.21. The number of urea groups is 1. The van der Waals surface area contributed by atoms with E-state index in [0.29, 0.717) is 32.7 Å². The van der Waals surface area contributed by atoms with Crippen molar-refractivity contribution < 1.29 is 23.0 Å². The molecular formula is C16H22F2N2O3. The molecule has 0 radical (unpaired) electrons. The highest BCUT2D eigenvalue weighted by Gasteiger charge is 2.26. The number of methoxy groups -OCH3 is 1. The van der Waals surface area contributed by atoms with E-state index in [0.717, 1.165) is 18.2 Å². The summed E-state index contributed by atoms with van der Waals surface area (Å²) in [5, 5.41) is 2.77. The maximum Gasteiger partial charge on any atom is 0.318 e. The van der Waals surface area contributed by atoms with Gasteiger partial charge in [0.05, 0.1) is 31.9 Å². The van der Waals surface area contributed by atoms with Crippen molar-refractivity contribution in [2.75, 3.05) is 33.4 Å². The van der Waals surface area contributed by atoms with Crippen LogP contribution in [0.1, 0.15) is 24.9 Å². The molecule has 0 spiro atoms. The molecule has 1 aromatic carbocycles. The van der Waals surface area contributed by atoms with E-state index in [1.54, 1.807) is 12.0 Å². The summed E-state index contributed by atoms with van der Waals surface area (Å²) in [6.07, 6.45) is 0.281. The first kappa shape index (κ1) is 17.6. The average molecular weight is 328 g/mol. The molecule has 1 fully saturated rings. The molecule has 0 saturated carbocycles. The van der Waals surface area contributed by atoms with Crippen LogP contribution in [-0.2, 0) is 9.47 Å². The van der Waals surface area contributed by atoms with Gasteiger partial charge in [-0.1, -0.05) is 6.92 Å². The van der Waals surface area contributed by atoms with Gasteiger partial charge in [-0.15, -0.1) is 0 Å². The molecule has 128 valence electrons. The minimum absolute atomic E-state index is 0.155. The Kier molecular flexibility index (Phi) is 6.29. The van der Waals surface area contributed by atoms with Crippen LogP contribution in [0.2, 0.25) is 0 Å². The zero-order valence-electron chi connectivity index (χ0n) is 13.4. The van der Waals surface area contributed by atoms with Gasteiger partial charge >= 0.3 is 6.03 Å². The van der Waals surface area contributed by atoms with Crippen LogP contribution in [0.3, 0.4) is 0 Å². The number of nitrogens with one attached hydrogen (secondary N) is 1. The van der Waals surface area contributed by atoms with Crippen molar-refractivity contribution in [2.45, 2.75) is 25.5 Å². The van der Waals surface area contributed by atoms with E-state index >= 15 is 0 Å². The molecule has 1 N–H and O–H groups in total. The number of ether oxygens (including phenoxy) is 2. The molecule has 0 unspecified atom stereocenters. The minimum Gasteiger partial charge on any atom is -0.382 e. The fourth-order valence-electron chi connectivity index (χ4n) is 2.61. The van der Waals surface area contributed by atoms with Crippen molar-refractivity contribution in [3.05, 3.63) is 35.4 Å². The van der Waals surface area contributed by atoms with Crippen LogP contribution in [-0.4, -0.2) is 50.4 Å². The third-order valence-corrected chi connectivity index (χ3v) is 3.82. The van der Waals surface area contributed by atoms with Crippen molar-refractivity contribution in [2.24, 2.45) is 0 Å². The quantitative estimate of drug-likeness (QED) is 0.903. The Balaban J connectivity index is 2.03. The van der Waals surface area contributed by atoms with Gasteiger partial charge in [0.25, 0.3) is 0 Å². The number of hydrogen-bond acceptors (Lipinski definition) is 3. The fraction of sp³-hybridized carbons (Fsp3) is 0.562. The number of morpholine rings is 1. The van der Waals surface area contributed by atoms with E-state index in [-0.39, 0.29) is 17.7 Å². The summed E-state index contributed by atoms with van der Waals surface area (Å²) in [4.78, 5) is 14.0. The van der Waals surface area contributed by atoms with Gasteiger partial charge in [0.15, 0.2) is 0 Å². The summed E-state index contributed by atoms with van der Waals surface area (Å²) >= 11 is 0. The van der Waals surface area contributed by atoms with Crippen LogP contribution in [0, 0.1) is 11.6 Å². The Morgan fingerprint density at radius 1 is 1.52 bits per heavy atom. The molecular weight excluding hydrogens is 306 g/mol. The second-order valence-corrected chi connectivity index (χ2v) is 5.47. The van der Waals surface area contributed by atoms with Gasteiger partial charge in [-0.05, 0) is 24.6 Å². The molecule has 1 heterocycles. The third kappa shape index (κ3) is 4.62. The topological polar surface area (TPSA) is 50.8 Å². The second-order valence-electron chi connectivity index (χ2n) is 5.47. The fourth-order valence-corrected chi connectivity index (χ4v) is 2.61. The van der Waals surface area contributed by atoms with Crippen molar-refractivity contribution in [3.8, 4) is 0 Å². The average Bonchev–Trinajstić information content (AvgIpc) is 2.55. The smallest absolute Gasteiger partial charge is 0.318 e. The van der Waals surface area contributed by atoms with E-state index in [4.69, 9.17) is 9.47 Å². The number of hydrogen-bond donors (Lipinski definition) is 1. The van der Waals surface area contributed by atoms with Gasteiger partial charge in [-0.25, -0.2) is 13.6 Å². The largest absolute Gasteiger partial charge is 0.382 e. The number of amides is 2. The van der Waals surface area contributed by atoms with Crippen LogP contribution in [0.4, 0.5) is 13.6 Å². The molecule has 5 nitrogen and oxygen atoms in total. The molecule has 0 aromatic heterocycles. The molecule has 2 atom stereocenters. The van der Waals surface area contributed by atoms with Crippen LogP contribution in [0.25, 0.3) is 0 Å². The van der Waals surface area contributed by atoms with Crippen molar-refractivity contribution in [1.82, 2.24) is 10.2 Å². The molecule has 1 aliphatic heterocycles. The number of carbonyl (C=O) groups excluding carboxylic acids is 1. The number of carbonyl (C=O) groups is 1. The normalized spacial score (nSPS) is 19.5. The SMILES string of the molecule is CC[C@@H](NC(=O)N1CCO[C@@H](COC)C1)c1cc(F)ccc1F. The molecule has 2 rings (SSSR count). The van der Waals surface area contributed by atoms with Crippen LogP contribution >= 0.6 is 0 Å². The highest BCUT2D eigenvalue weighted by molar-refractivity contribution is 5.75. The summed E-state index contributed by atoms with van der Waals surface area (Å²) in [7, 11) is 1.57. The summed E-state index contributed by atoms with van der Waals surface area (Å²) in [6, 6.07) is 2.36. The van der Waals surface area contributed by atoms with Gasteiger partial charge in [0.2, 0.25) is 0 Å².